The molecule has 13 heavy (non-hydrogen) atoms. The molecule has 2 fully saturated rings. The molecule has 0 bridgehead atoms. The van der Waals surface area contributed by atoms with Crippen LogP contribution in [0.1, 0.15) is 19.3 Å². The van der Waals surface area contributed by atoms with Gasteiger partial charge in [0.2, 0.25) is 0 Å². The van der Waals surface area contributed by atoms with Crippen LogP contribution in [0.15, 0.2) is 0 Å². The summed E-state index contributed by atoms with van der Waals surface area (Å²) >= 11 is 0. The minimum atomic E-state index is -0.414. The normalized spacial score (nSPS) is 25.5. The van der Waals surface area contributed by atoms with Gasteiger partial charge in [-0.05, 0) is 25.9 Å². The Hall–Kier alpha value is 0.905. The molecule has 0 unspecified atom stereocenters. The van der Waals surface area contributed by atoms with Gasteiger partial charge in [-0.3, -0.25) is 0 Å². The van der Waals surface area contributed by atoms with Crippen molar-refractivity contribution in [2.45, 2.75) is 19.3 Å². The van der Waals surface area contributed by atoms with Crippen LogP contribution in [0.25, 0.3) is 5.32 Å². The van der Waals surface area contributed by atoms with Gasteiger partial charge in [-0.25, -0.2) is 0 Å². The third kappa shape index (κ3) is 2.29. The Morgan fingerprint density at radius 3 is 2.31 bits per heavy atom. The van der Waals surface area contributed by atoms with Gasteiger partial charge in [0.25, 0.3) is 0 Å². The van der Waals surface area contributed by atoms with E-state index in [2.05, 4.69) is 10.6 Å². The van der Waals surface area contributed by atoms with Gasteiger partial charge in [0, 0.05) is 11.8 Å². The number of amides is 2. The maximum Gasteiger partial charge on any atom is 1.00 e. The Kier molecular flexibility index (Phi) is 4.25. The fraction of sp³-hybridized carbons (Fsp3) is 0.750. The number of nitrogens with one attached hydrogen (secondary N) is 1. The molecule has 0 radical (unpaired) electrons. The molecule has 0 aromatic heterocycles. The Bertz CT molecular complexity index is 236. The summed E-state index contributed by atoms with van der Waals surface area (Å²) in [7, 11) is 0. The Balaban J connectivity index is 0.000000845. The summed E-state index contributed by atoms with van der Waals surface area (Å²) in [6.45, 7) is 1.66. The molecule has 2 saturated heterocycles. The number of carbonyl (C=O) groups excluding carboxylic acids is 2. The van der Waals surface area contributed by atoms with Crippen molar-refractivity contribution in [3.05, 3.63) is 5.32 Å². The predicted molar refractivity (Wildman–Crippen MR) is 42.5 cm³/mol. The summed E-state index contributed by atoms with van der Waals surface area (Å²) in [5, 5.41) is 6.63. The molecule has 0 atom stereocenters. The van der Waals surface area contributed by atoms with Crippen molar-refractivity contribution in [1.82, 2.24) is 5.32 Å². The zero-order valence-electron chi connectivity index (χ0n) is 7.80. The first kappa shape index (κ1) is 12.0. The van der Waals surface area contributed by atoms with E-state index in [4.69, 9.17) is 0 Å². The quantitative estimate of drug-likeness (QED) is 0.474. The minimum absolute atomic E-state index is 0. The van der Waals surface area contributed by atoms with Gasteiger partial charge in [0.1, 0.15) is 0 Å². The van der Waals surface area contributed by atoms with Crippen LogP contribution >= 0.6 is 0 Å². The maximum atomic E-state index is 11.3. The van der Waals surface area contributed by atoms with E-state index < -0.39 is 5.41 Å². The molecule has 2 aliphatic heterocycles. The predicted octanol–water partition coefficient (Wildman–Crippen LogP) is -2.81. The fourth-order valence-corrected chi connectivity index (χ4v) is 1.93. The first-order chi connectivity index (χ1) is 5.73. The molecule has 2 rings (SSSR count). The summed E-state index contributed by atoms with van der Waals surface area (Å²) in [4.78, 5) is 22.3. The van der Waals surface area contributed by atoms with E-state index in [1.54, 1.807) is 0 Å². The minimum Gasteiger partial charge on any atom is -0.595 e. The Labute approximate surface area is 126 Å². The summed E-state index contributed by atoms with van der Waals surface area (Å²) in [6, 6.07) is 0. The summed E-state index contributed by atoms with van der Waals surface area (Å²) in [6.07, 6.45) is 1.87. The number of hydrogen-bond donors (Lipinski definition) is 1. The first-order valence-electron chi connectivity index (χ1n) is 4.23. The molecule has 0 saturated carbocycles. The molecule has 0 aliphatic carbocycles. The number of rotatable bonds is 0. The zero-order valence-corrected chi connectivity index (χ0v) is 12.7. The molecule has 0 aromatic rings. The number of imide groups is 1. The van der Waals surface area contributed by atoms with Crippen LogP contribution in [-0.2, 0) is 9.59 Å². The second-order valence-electron chi connectivity index (χ2n) is 3.52. The number of nitrogens with zero attached hydrogens (tertiary/aromatic N) is 1. The molecule has 1 N–H and O–H groups in total. The van der Waals surface area contributed by atoms with Crippen molar-refractivity contribution in [2.75, 3.05) is 13.1 Å². The monoisotopic (exact) mass is 252 g/mol. The molecule has 4 nitrogen and oxygen atoms in total. The van der Waals surface area contributed by atoms with Crippen LogP contribution in [0.5, 0.6) is 0 Å². The molecular formula is C8H11N2O2Rb. The van der Waals surface area contributed by atoms with Crippen LogP contribution < -0.4 is 63.5 Å². The van der Waals surface area contributed by atoms with Gasteiger partial charge in [-0.2, -0.15) is 0 Å². The van der Waals surface area contributed by atoms with Crippen molar-refractivity contribution >= 4 is 11.8 Å². The van der Waals surface area contributed by atoms with Gasteiger partial charge in [0.05, 0.1) is 11.8 Å². The van der Waals surface area contributed by atoms with Crippen molar-refractivity contribution in [1.29, 1.82) is 0 Å². The zero-order chi connectivity index (χ0) is 8.60. The molecule has 1 spiro atoms. The number of hydrogen-bond acceptors (Lipinski definition) is 3. The first-order valence-corrected chi connectivity index (χ1v) is 4.23. The van der Waals surface area contributed by atoms with E-state index in [9.17, 15) is 9.59 Å². The van der Waals surface area contributed by atoms with Crippen molar-refractivity contribution < 1.29 is 67.8 Å². The largest absolute Gasteiger partial charge is 1.00 e. The molecule has 2 amide bonds. The van der Waals surface area contributed by atoms with Gasteiger partial charge >= 0.3 is 58.2 Å². The van der Waals surface area contributed by atoms with Crippen molar-refractivity contribution in [3.63, 3.8) is 0 Å². The third-order valence-electron chi connectivity index (χ3n) is 2.73. The van der Waals surface area contributed by atoms with E-state index in [1.165, 1.54) is 0 Å². The summed E-state index contributed by atoms with van der Waals surface area (Å²) in [5.74, 6) is -0.420. The van der Waals surface area contributed by atoms with Crippen molar-refractivity contribution in [2.24, 2.45) is 5.41 Å². The van der Waals surface area contributed by atoms with Gasteiger partial charge in [-0.1, -0.05) is 0 Å². The standard InChI is InChI=1S/C8H12N2O2.Rb/c11-6-5-8(7(12)10-6)1-3-9-4-2-8;/h9H,1-5H2,(H,10,11,12);/q;+1/p-1. The number of piperidine rings is 1. The van der Waals surface area contributed by atoms with Gasteiger partial charge in [-0.15, -0.1) is 0 Å². The van der Waals surface area contributed by atoms with Crippen molar-refractivity contribution in [3.8, 4) is 0 Å². The molecule has 5 heteroatoms. The van der Waals surface area contributed by atoms with E-state index >= 15 is 0 Å². The molecule has 66 valence electrons. The van der Waals surface area contributed by atoms with Crippen LogP contribution in [0.2, 0.25) is 0 Å². The van der Waals surface area contributed by atoms with Crippen LogP contribution in [0, 0.1) is 5.41 Å². The molecule has 2 aliphatic rings. The van der Waals surface area contributed by atoms with Crippen LogP contribution in [0.3, 0.4) is 0 Å². The van der Waals surface area contributed by atoms with E-state index in [0.29, 0.717) is 6.42 Å². The Morgan fingerprint density at radius 2 is 1.85 bits per heavy atom. The summed E-state index contributed by atoms with van der Waals surface area (Å²) in [5.41, 5.74) is -0.414. The third-order valence-corrected chi connectivity index (χ3v) is 2.73. The second-order valence-corrected chi connectivity index (χ2v) is 3.52. The van der Waals surface area contributed by atoms with E-state index in [-0.39, 0.29) is 70.0 Å². The van der Waals surface area contributed by atoms with Crippen LogP contribution in [0.4, 0.5) is 0 Å². The average Bonchev–Trinajstić information content (AvgIpc) is 2.29. The molecule has 0 aromatic carbocycles. The molecule has 2 heterocycles. The van der Waals surface area contributed by atoms with Gasteiger partial charge in [0.15, 0.2) is 0 Å². The smallest absolute Gasteiger partial charge is 0.595 e. The Morgan fingerprint density at radius 1 is 1.23 bits per heavy atom. The number of carbonyl (C=O) groups is 2. The van der Waals surface area contributed by atoms with E-state index in [0.717, 1.165) is 25.9 Å². The SMILES string of the molecule is O=C1CC2(CCNCC2)C(=O)[N-]1.[Rb+]. The maximum absolute atomic E-state index is 11.3. The molecular weight excluding hydrogens is 242 g/mol. The fourth-order valence-electron chi connectivity index (χ4n) is 1.93. The second kappa shape index (κ2) is 4.62. The summed E-state index contributed by atoms with van der Waals surface area (Å²) < 4.78 is 0. The van der Waals surface area contributed by atoms with Crippen LogP contribution in [-0.4, -0.2) is 24.9 Å². The van der Waals surface area contributed by atoms with Gasteiger partial charge < -0.3 is 20.2 Å². The average molecular weight is 253 g/mol. The topological polar surface area (TPSA) is 60.3 Å². The van der Waals surface area contributed by atoms with E-state index in [1.807, 2.05) is 0 Å².